The van der Waals surface area contributed by atoms with E-state index in [0.717, 1.165) is 44.5 Å². The number of hydrogen-bond donors (Lipinski definition) is 0. The van der Waals surface area contributed by atoms with Crippen molar-refractivity contribution in [1.29, 1.82) is 0 Å². The number of hydrogen-bond acceptors (Lipinski definition) is 2. The van der Waals surface area contributed by atoms with Gasteiger partial charge in [0.25, 0.3) is 5.69 Å². The minimum atomic E-state index is -0.939. The van der Waals surface area contributed by atoms with Crippen molar-refractivity contribution in [2.24, 2.45) is 0 Å². The summed E-state index contributed by atoms with van der Waals surface area (Å²) in [5.74, 6) is 0.499. The van der Waals surface area contributed by atoms with Crippen LogP contribution in [0.4, 0.5) is 22.7 Å². The fourth-order valence-electron chi connectivity index (χ4n) is 9.31. The van der Waals surface area contributed by atoms with E-state index >= 15 is 0 Å². The maximum atomic E-state index is 9.30. The number of rotatable bonds is 7. The second-order valence-corrected chi connectivity index (χ2v) is 21.3. The summed E-state index contributed by atoms with van der Waals surface area (Å²) in [6.07, 6.45) is 1.78. The first kappa shape index (κ1) is 37.0. The number of fused-ring (bicyclic) bond motifs is 7. The van der Waals surface area contributed by atoms with Crippen molar-refractivity contribution >= 4 is 72.4 Å². The third-order valence-corrected chi connectivity index (χ3v) is 13.1. The van der Waals surface area contributed by atoms with Crippen molar-refractivity contribution in [3.05, 3.63) is 186 Å². The first-order valence-electron chi connectivity index (χ1n) is 27.9. The molecule has 7 heteroatoms. The third kappa shape index (κ3) is 8.11. The molecule has 1 aliphatic rings. The van der Waals surface area contributed by atoms with Crippen LogP contribution in [-0.4, -0.2) is 20.1 Å². The van der Waals surface area contributed by atoms with Crippen LogP contribution < -0.4 is 13.9 Å². The van der Waals surface area contributed by atoms with E-state index in [-0.39, 0.29) is 71.2 Å². The van der Waals surface area contributed by atoms with Gasteiger partial charge < -0.3 is 13.9 Å². The Kier molecular flexibility index (Phi) is 9.12. The topological polar surface area (TPSA) is 38.0 Å². The predicted molar refractivity (Wildman–Crippen MR) is 288 cm³/mol. The Balaban J connectivity index is 0.00000704. The number of ether oxygens (including phenoxy) is 1. The van der Waals surface area contributed by atoms with Gasteiger partial charge in [0.05, 0.1) is 22.0 Å². The molecule has 350 valence electrons. The molecule has 70 heavy (non-hydrogen) atoms. The molecule has 0 atom stereocenters. The second kappa shape index (κ2) is 17.2. The van der Waals surface area contributed by atoms with Crippen LogP contribution in [0, 0.1) is 12.1 Å². The summed E-state index contributed by atoms with van der Waals surface area (Å²) >= 11 is 0. The van der Waals surface area contributed by atoms with Crippen LogP contribution in [0.3, 0.4) is 0 Å². The smallest absolute Gasteiger partial charge is 0.509 e. The average Bonchev–Trinajstić information content (AvgIpc) is 4.24. The second-order valence-electron chi connectivity index (χ2n) is 21.3. The molecular weight excluding hydrogens is 1040 g/mol. The molecule has 4 heterocycles. The first-order valence-corrected chi connectivity index (χ1v) is 23.4. The molecule has 10 aromatic rings. The predicted octanol–water partition coefficient (Wildman–Crippen LogP) is 16.5. The van der Waals surface area contributed by atoms with Crippen molar-refractivity contribution in [2.75, 3.05) is 0 Å². The van der Waals surface area contributed by atoms with Crippen molar-refractivity contribution in [3.63, 3.8) is 0 Å². The summed E-state index contributed by atoms with van der Waals surface area (Å²) in [6.45, 7) is 23.6. The van der Waals surface area contributed by atoms with Gasteiger partial charge in [0.2, 0.25) is 5.69 Å². The molecule has 0 fully saturated rings. The molecule has 0 radical (unpaired) electrons. The van der Waals surface area contributed by atoms with E-state index < -0.39 is 42.1 Å². The Hall–Kier alpha value is -6.84. The molecule has 3 aromatic heterocycles. The Morgan fingerprint density at radius 3 is 1.91 bits per heavy atom. The molecule has 0 N–H and O–H groups in total. The van der Waals surface area contributed by atoms with Crippen LogP contribution in [0.25, 0.3) is 55.1 Å². The molecule has 0 saturated carbocycles. The molecule has 0 aliphatic carbocycles. The molecule has 0 amide bonds. The van der Waals surface area contributed by atoms with Gasteiger partial charge in [0.15, 0.2) is 0 Å². The first-order chi connectivity index (χ1) is 36.5. The van der Waals surface area contributed by atoms with E-state index in [1.165, 1.54) is 15.7 Å². The van der Waals surface area contributed by atoms with Gasteiger partial charge in [-0.1, -0.05) is 153 Å². The number of para-hydroxylation sites is 3. The zero-order chi connectivity index (χ0) is 56.0. The normalized spacial score (nSPS) is 15.0. The van der Waals surface area contributed by atoms with E-state index in [4.69, 9.17) is 20.7 Å². The molecule has 11 rings (SSSR count). The Morgan fingerprint density at radius 2 is 1.26 bits per heavy atom. The van der Waals surface area contributed by atoms with Crippen LogP contribution >= 0.6 is 0 Å². The van der Waals surface area contributed by atoms with Crippen LogP contribution in [0.15, 0.2) is 152 Å². The number of nitrogens with zero attached hydrogens (tertiary/aromatic N) is 5. The van der Waals surface area contributed by atoms with Crippen molar-refractivity contribution < 1.29 is 38.1 Å². The van der Waals surface area contributed by atoms with Gasteiger partial charge in [-0.25, -0.2) is 4.98 Å². The fourth-order valence-corrected chi connectivity index (χ4v) is 9.31. The largest absolute Gasteiger partial charge is 2.00 e. The van der Waals surface area contributed by atoms with Crippen LogP contribution in [0.1, 0.15) is 117 Å². The fraction of sp³-hybridized carbons (Fsp3) is 0.238. The molecule has 0 bridgehead atoms. The molecule has 7 aromatic carbocycles. The summed E-state index contributed by atoms with van der Waals surface area (Å²) in [6, 6.07) is 39.2. The Labute approximate surface area is 439 Å². The average molecular weight is 1110 g/mol. The zero-order valence-electron chi connectivity index (χ0n) is 50.3. The van der Waals surface area contributed by atoms with Gasteiger partial charge >= 0.3 is 32.8 Å². The summed E-state index contributed by atoms with van der Waals surface area (Å²) in [4.78, 5) is 4.89. The van der Waals surface area contributed by atoms with E-state index in [0.29, 0.717) is 34.2 Å². The number of aromatic nitrogens is 3. The van der Waals surface area contributed by atoms with E-state index in [1.54, 1.807) is 12.3 Å². The molecule has 0 saturated heterocycles. The summed E-state index contributed by atoms with van der Waals surface area (Å²) in [5, 5.41) is 1.49. The maximum absolute atomic E-state index is 9.30. The van der Waals surface area contributed by atoms with Crippen LogP contribution in [0.5, 0.6) is 11.5 Å². The van der Waals surface area contributed by atoms with E-state index in [9.17, 15) is 1.37 Å². The van der Waals surface area contributed by atoms with Crippen molar-refractivity contribution in [1.82, 2.24) is 23.3 Å². The Bertz CT molecular complexity index is 4210. The molecule has 0 spiro atoms. The SMILES string of the molecule is [2H]c1c([2H])c([2H])c2c(c1[2H])c1c([2H])c([2H])c([2H])c([2H])c1n2-c1ccc2c(c1)c1ccc(Oc3[c-]c([N+]4=C=[N+](c5cc(C(C)(C)C)cc(C(C)(C)C)c5)c5c4cccc5C([2H])(C)C)ccc3)[c-]c1n2-c1cc(C(C)(C)C)ccn1.[Pt+2]. The minimum Gasteiger partial charge on any atom is -0.509 e. The third-order valence-electron chi connectivity index (χ3n) is 13.1. The quantitative estimate of drug-likeness (QED) is 0.118. The maximum Gasteiger partial charge on any atom is 2.00 e. The van der Waals surface area contributed by atoms with Gasteiger partial charge in [-0.2, -0.15) is 12.1 Å². The van der Waals surface area contributed by atoms with E-state index in [2.05, 4.69) is 103 Å². The summed E-state index contributed by atoms with van der Waals surface area (Å²) in [5.41, 5.74) is 9.02. The van der Waals surface area contributed by atoms with Gasteiger partial charge in [0, 0.05) is 64.8 Å². The van der Waals surface area contributed by atoms with Crippen molar-refractivity contribution in [2.45, 2.75) is 98.3 Å². The number of pyridine rings is 1. The zero-order valence-corrected chi connectivity index (χ0v) is 43.5. The van der Waals surface area contributed by atoms with Gasteiger partial charge in [0.1, 0.15) is 11.5 Å². The molecular formula is C63H59N5OPt+2. The standard InChI is InChI=1S/C63H59N5O.Pt/c1-40(2)49-22-17-25-57-60(49)66(46-33-42(62(6,7)8)32-43(34-46)63(9,10)11)39-65(57)44-18-16-19-47(36-44)69-48-27-28-52-53-37-45(67-54-23-14-12-20-50(54)51-21-13-15-24-55(51)67)26-29-56(53)68(58(52)38-48)59-35-41(30-31-64-59)61(3,4)5;/h12-35,37,40H,1-11H3;/q;+2/i12D,13D,14D,15D,20D,21D,23D,24D,40D;. The minimum absolute atomic E-state index is 0. The van der Waals surface area contributed by atoms with Gasteiger partial charge in [-0.05, 0) is 91.2 Å². The Morgan fingerprint density at radius 1 is 0.614 bits per heavy atom. The monoisotopic (exact) mass is 1110 g/mol. The molecule has 0 unspecified atom stereocenters. The molecule has 1 aliphatic heterocycles. The van der Waals surface area contributed by atoms with Crippen LogP contribution in [0.2, 0.25) is 0 Å². The van der Waals surface area contributed by atoms with Gasteiger partial charge in [-0.15, -0.1) is 23.6 Å². The van der Waals surface area contributed by atoms with Crippen molar-refractivity contribution in [3.8, 4) is 23.0 Å². The van der Waals surface area contributed by atoms with E-state index in [1.807, 2.05) is 95.8 Å². The summed E-state index contributed by atoms with van der Waals surface area (Å²) in [7, 11) is 0. The molecule has 6 nitrogen and oxygen atoms in total. The number of benzene rings is 7. The van der Waals surface area contributed by atoms with Crippen LogP contribution in [-0.2, 0) is 37.3 Å². The summed E-state index contributed by atoms with van der Waals surface area (Å²) < 4.78 is 94.3. The van der Waals surface area contributed by atoms with Gasteiger partial charge in [-0.3, -0.25) is 0 Å².